The molecule has 2 aromatic carbocycles. The highest BCUT2D eigenvalue weighted by molar-refractivity contribution is 5.79. The van der Waals surface area contributed by atoms with Gasteiger partial charge < -0.3 is 9.47 Å². The van der Waals surface area contributed by atoms with Crippen molar-refractivity contribution in [1.82, 2.24) is 14.7 Å². The van der Waals surface area contributed by atoms with E-state index in [0.29, 0.717) is 19.3 Å². The van der Waals surface area contributed by atoms with Gasteiger partial charge in [0.05, 0.1) is 11.7 Å². The third kappa shape index (κ3) is 2.72. The molecule has 0 amide bonds. The van der Waals surface area contributed by atoms with Gasteiger partial charge in [0, 0.05) is 25.0 Å². The maximum Gasteiger partial charge on any atom is 0.161 e. The Morgan fingerprint density at radius 1 is 1.08 bits per heavy atom. The number of hydrogen-bond acceptors (Lipinski definition) is 4. The highest BCUT2D eigenvalue weighted by atomic mass is 16.6. The van der Waals surface area contributed by atoms with Crippen LogP contribution in [0.25, 0.3) is 10.9 Å². The quantitative estimate of drug-likeness (QED) is 0.723. The molecule has 1 fully saturated rings. The lowest BCUT2D eigenvalue weighted by molar-refractivity contribution is 0.170. The Kier molecular flexibility index (Phi) is 3.82. The number of rotatable bonds is 3. The number of aromatic nitrogens is 2. The van der Waals surface area contributed by atoms with Crippen molar-refractivity contribution in [3.63, 3.8) is 0 Å². The van der Waals surface area contributed by atoms with Crippen LogP contribution in [-0.2, 0) is 13.6 Å². The average Bonchev–Trinajstić information content (AvgIpc) is 3.28. The molecule has 0 saturated carbocycles. The van der Waals surface area contributed by atoms with Gasteiger partial charge in [-0.25, -0.2) is 0 Å². The molecule has 2 aliphatic rings. The van der Waals surface area contributed by atoms with Crippen molar-refractivity contribution in [2.75, 3.05) is 19.8 Å². The molecule has 0 N–H and O–H groups in total. The first-order valence-electron chi connectivity index (χ1n) is 9.32. The Morgan fingerprint density at radius 3 is 2.88 bits per heavy atom. The number of hydrogen-bond donors (Lipinski definition) is 0. The van der Waals surface area contributed by atoms with Crippen molar-refractivity contribution in [2.45, 2.75) is 25.4 Å². The van der Waals surface area contributed by atoms with Crippen molar-refractivity contribution < 1.29 is 9.47 Å². The Morgan fingerprint density at radius 2 is 1.96 bits per heavy atom. The van der Waals surface area contributed by atoms with Crippen molar-refractivity contribution in [2.24, 2.45) is 7.05 Å². The lowest BCUT2D eigenvalue weighted by atomic mass is 10.0. The topological polar surface area (TPSA) is 39.5 Å². The van der Waals surface area contributed by atoms with E-state index in [1.54, 1.807) is 0 Å². The second-order valence-electron chi connectivity index (χ2n) is 7.19. The number of ether oxygens (including phenoxy) is 2. The molecule has 3 aromatic rings. The summed E-state index contributed by atoms with van der Waals surface area (Å²) in [6, 6.07) is 13.5. The standard InChI is InChI=1S/C21H23N3O2/c1-23-18-6-4-15(11-17(18)13-22-23)14-24-8-2-3-19(24)16-5-7-20-21(12-16)26-10-9-25-20/h4-7,11-13,19H,2-3,8-10,14H2,1H3/t19-/m0/s1. The van der Waals surface area contributed by atoms with Crippen LogP contribution >= 0.6 is 0 Å². The second-order valence-corrected chi connectivity index (χ2v) is 7.19. The van der Waals surface area contributed by atoms with Crippen LogP contribution in [-0.4, -0.2) is 34.4 Å². The van der Waals surface area contributed by atoms with E-state index in [1.807, 2.05) is 17.9 Å². The van der Waals surface area contributed by atoms with E-state index in [1.165, 1.54) is 34.9 Å². The molecule has 1 saturated heterocycles. The van der Waals surface area contributed by atoms with Crippen LogP contribution in [0.1, 0.15) is 30.0 Å². The Balaban J connectivity index is 1.39. The summed E-state index contributed by atoms with van der Waals surface area (Å²) in [7, 11) is 1.99. The lowest BCUT2D eigenvalue weighted by Crippen LogP contribution is -2.23. The van der Waals surface area contributed by atoms with Gasteiger partial charge in [-0.3, -0.25) is 9.58 Å². The van der Waals surface area contributed by atoms with Gasteiger partial charge >= 0.3 is 0 Å². The minimum Gasteiger partial charge on any atom is -0.486 e. The van der Waals surface area contributed by atoms with Gasteiger partial charge in [0.15, 0.2) is 11.5 Å². The average molecular weight is 349 g/mol. The van der Waals surface area contributed by atoms with E-state index in [9.17, 15) is 0 Å². The van der Waals surface area contributed by atoms with Gasteiger partial charge in [0.25, 0.3) is 0 Å². The third-order valence-electron chi connectivity index (χ3n) is 5.51. The molecular weight excluding hydrogens is 326 g/mol. The molecular formula is C21H23N3O2. The number of fused-ring (bicyclic) bond motifs is 2. The molecule has 5 rings (SSSR count). The summed E-state index contributed by atoms with van der Waals surface area (Å²) in [5.74, 6) is 1.75. The fourth-order valence-electron chi connectivity index (χ4n) is 4.21. The lowest BCUT2D eigenvalue weighted by Gasteiger charge is -2.26. The minimum absolute atomic E-state index is 0.440. The largest absolute Gasteiger partial charge is 0.486 e. The highest BCUT2D eigenvalue weighted by Crippen LogP contribution is 2.38. The van der Waals surface area contributed by atoms with Crippen LogP contribution < -0.4 is 9.47 Å². The maximum absolute atomic E-state index is 5.77. The SMILES string of the molecule is Cn1ncc2cc(CN3CCC[C@H]3c3ccc4c(c3)OCCO4)ccc21. The van der Waals surface area contributed by atoms with Crippen molar-refractivity contribution in [1.29, 1.82) is 0 Å². The minimum atomic E-state index is 0.440. The van der Waals surface area contributed by atoms with Gasteiger partial charge in [0.2, 0.25) is 0 Å². The first kappa shape index (κ1) is 15.7. The molecule has 0 bridgehead atoms. The summed E-state index contributed by atoms with van der Waals surface area (Å²) in [5.41, 5.74) is 3.85. The smallest absolute Gasteiger partial charge is 0.161 e. The van der Waals surface area contributed by atoms with Crippen LogP contribution in [0, 0.1) is 0 Å². The summed E-state index contributed by atoms with van der Waals surface area (Å²) < 4.78 is 13.4. The van der Waals surface area contributed by atoms with E-state index in [2.05, 4.69) is 46.4 Å². The third-order valence-corrected chi connectivity index (χ3v) is 5.51. The predicted octanol–water partition coefficient (Wildman–Crippen LogP) is 3.68. The van der Waals surface area contributed by atoms with E-state index in [-0.39, 0.29) is 0 Å². The van der Waals surface area contributed by atoms with Crippen molar-refractivity contribution >= 4 is 10.9 Å². The number of aryl methyl sites for hydroxylation is 1. The Hall–Kier alpha value is -2.53. The summed E-state index contributed by atoms with van der Waals surface area (Å²) in [5, 5.41) is 5.56. The van der Waals surface area contributed by atoms with E-state index in [4.69, 9.17) is 9.47 Å². The van der Waals surface area contributed by atoms with Crippen LogP contribution in [0.2, 0.25) is 0 Å². The second kappa shape index (κ2) is 6.32. The number of benzene rings is 2. The fraction of sp³-hybridized carbons (Fsp3) is 0.381. The first-order chi connectivity index (χ1) is 12.8. The van der Waals surface area contributed by atoms with Gasteiger partial charge in [-0.2, -0.15) is 5.10 Å². The normalized spacial score (nSPS) is 20.0. The highest BCUT2D eigenvalue weighted by Gasteiger charge is 2.27. The summed E-state index contributed by atoms with van der Waals surface area (Å²) in [6.07, 6.45) is 4.37. The monoisotopic (exact) mass is 349 g/mol. The van der Waals surface area contributed by atoms with Gasteiger partial charge in [-0.15, -0.1) is 0 Å². The van der Waals surface area contributed by atoms with Crippen molar-refractivity contribution in [3.8, 4) is 11.5 Å². The molecule has 0 spiro atoms. The molecule has 1 atom stereocenters. The maximum atomic E-state index is 5.77. The van der Waals surface area contributed by atoms with E-state index >= 15 is 0 Å². The molecule has 5 heteroatoms. The zero-order valence-electron chi connectivity index (χ0n) is 15.0. The molecule has 3 heterocycles. The van der Waals surface area contributed by atoms with E-state index in [0.717, 1.165) is 24.6 Å². The van der Waals surface area contributed by atoms with Crippen molar-refractivity contribution in [3.05, 3.63) is 53.7 Å². The molecule has 0 radical (unpaired) electrons. The summed E-state index contributed by atoms with van der Waals surface area (Å²) in [4.78, 5) is 2.57. The Bertz CT molecular complexity index is 950. The molecule has 5 nitrogen and oxygen atoms in total. The van der Waals surface area contributed by atoms with E-state index < -0.39 is 0 Å². The first-order valence-corrected chi connectivity index (χ1v) is 9.32. The molecule has 0 aliphatic carbocycles. The summed E-state index contributed by atoms with van der Waals surface area (Å²) in [6.45, 7) is 3.36. The number of nitrogens with zero attached hydrogens (tertiary/aromatic N) is 3. The fourth-order valence-corrected chi connectivity index (χ4v) is 4.21. The molecule has 26 heavy (non-hydrogen) atoms. The predicted molar refractivity (Wildman–Crippen MR) is 101 cm³/mol. The van der Waals surface area contributed by atoms with Gasteiger partial charge in [-0.05, 0) is 54.8 Å². The van der Waals surface area contributed by atoms with Crippen LogP contribution in [0.3, 0.4) is 0 Å². The van der Waals surface area contributed by atoms with Crippen LogP contribution in [0.5, 0.6) is 11.5 Å². The molecule has 1 aromatic heterocycles. The van der Waals surface area contributed by atoms with Gasteiger partial charge in [0.1, 0.15) is 13.2 Å². The molecule has 2 aliphatic heterocycles. The molecule has 0 unspecified atom stereocenters. The Labute approximate surface area is 153 Å². The zero-order valence-corrected chi connectivity index (χ0v) is 15.0. The van der Waals surface area contributed by atoms with Crippen LogP contribution in [0.4, 0.5) is 0 Å². The molecule has 134 valence electrons. The summed E-state index contributed by atoms with van der Waals surface area (Å²) >= 11 is 0. The van der Waals surface area contributed by atoms with Crippen LogP contribution in [0.15, 0.2) is 42.6 Å². The zero-order chi connectivity index (χ0) is 17.5. The van der Waals surface area contributed by atoms with Gasteiger partial charge in [-0.1, -0.05) is 12.1 Å². The number of likely N-dealkylation sites (tertiary alicyclic amines) is 1.